The van der Waals surface area contributed by atoms with Crippen LogP contribution in [0.25, 0.3) is 0 Å². The minimum absolute atomic E-state index is 0.0718. The molecule has 0 aliphatic carbocycles. The van der Waals surface area contributed by atoms with Crippen molar-refractivity contribution in [1.82, 2.24) is 0 Å². The number of hydrogen-bond acceptors (Lipinski definition) is 9. The third-order valence-corrected chi connectivity index (χ3v) is 3.56. The molecule has 0 saturated heterocycles. The number of nitrogens with two attached hydrogens (primary N) is 4. The van der Waals surface area contributed by atoms with Crippen LogP contribution in [0, 0.1) is 11.8 Å². The summed E-state index contributed by atoms with van der Waals surface area (Å²) in [6, 6.07) is -2.55. The fraction of sp³-hybridized carbons (Fsp3) is 0.778. The number of carboxylic acid groups (broad SMARTS) is 4. The van der Waals surface area contributed by atoms with E-state index in [2.05, 4.69) is 5.73 Å². The van der Waals surface area contributed by atoms with E-state index >= 15 is 0 Å². The van der Waals surface area contributed by atoms with E-state index < -0.39 is 48.1 Å². The lowest BCUT2D eigenvalue weighted by Crippen LogP contribution is -2.39. The van der Waals surface area contributed by atoms with E-state index in [9.17, 15) is 19.2 Å². The minimum atomic E-state index is -1.18. The highest BCUT2D eigenvalue weighted by Crippen LogP contribution is 2.04. The summed E-state index contributed by atoms with van der Waals surface area (Å²) in [6.45, 7) is 8.70. The van der Waals surface area contributed by atoms with Crippen LogP contribution in [-0.4, -0.2) is 80.2 Å². The highest BCUT2D eigenvalue weighted by molar-refractivity contribution is 5.74. The van der Waals surface area contributed by atoms with Crippen LogP contribution in [0.15, 0.2) is 0 Å². The van der Waals surface area contributed by atoms with E-state index in [0.29, 0.717) is 12.3 Å². The zero-order valence-corrected chi connectivity index (χ0v) is 18.8. The molecule has 0 heterocycles. The van der Waals surface area contributed by atoms with Gasteiger partial charge in [0.15, 0.2) is 0 Å². The molecule has 0 amide bonds. The van der Waals surface area contributed by atoms with Crippen molar-refractivity contribution in [3.63, 3.8) is 0 Å². The lowest BCUT2D eigenvalue weighted by atomic mass is 10.0. The second-order valence-electron chi connectivity index (χ2n) is 7.03. The second kappa shape index (κ2) is 20.9. The van der Waals surface area contributed by atoms with Crippen LogP contribution in [0.1, 0.15) is 47.5 Å². The first-order valence-corrected chi connectivity index (χ1v) is 9.50. The molecule has 0 saturated carbocycles. The first-order chi connectivity index (χ1) is 14.0. The van der Waals surface area contributed by atoms with Crippen LogP contribution < -0.4 is 22.9 Å². The van der Waals surface area contributed by atoms with Crippen molar-refractivity contribution in [3.8, 4) is 0 Å². The predicted octanol–water partition coefficient (Wildman–Crippen LogP) is -1.30. The van der Waals surface area contributed by atoms with E-state index in [0.717, 1.165) is 6.42 Å². The van der Waals surface area contributed by atoms with Crippen LogP contribution in [0.5, 0.6) is 0 Å². The van der Waals surface area contributed by atoms with Gasteiger partial charge in [0.1, 0.15) is 18.1 Å². The zero-order chi connectivity index (χ0) is 25.9. The molecule has 0 spiro atoms. The zero-order valence-electron chi connectivity index (χ0n) is 18.8. The van der Waals surface area contributed by atoms with Gasteiger partial charge in [-0.15, -0.1) is 0 Å². The second-order valence-corrected chi connectivity index (χ2v) is 7.03. The highest BCUT2D eigenvalue weighted by atomic mass is 16.4. The Labute approximate surface area is 182 Å². The Balaban J connectivity index is -0.000000160. The SMILES string of the molecule is CC(C)C[C@H](N)C(=O)O.CC[C@H](C)[C@H](N)C(=O)O.C[C@@H](O)[C@H](N)C(=O)O.NCC(=O)O. The Morgan fingerprint density at radius 2 is 1.13 bits per heavy atom. The van der Waals surface area contributed by atoms with E-state index in [-0.39, 0.29) is 12.5 Å². The van der Waals surface area contributed by atoms with Gasteiger partial charge in [0.25, 0.3) is 0 Å². The topological polar surface area (TPSA) is 274 Å². The van der Waals surface area contributed by atoms with E-state index in [1.54, 1.807) is 0 Å². The van der Waals surface area contributed by atoms with Crippen molar-refractivity contribution in [2.75, 3.05) is 6.54 Å². The number of aliphatic hydroxyl groups is 1. The molecule has 0 aromatic heterocycles. The average Bonchev–Trinajstić information content (AvgIpc) is 2.66. The van der Waals surface area contributed by atoms with Crippen molar-refractivity contribution in [2.45, 2.75) is 71.7 Å². The molecule has 186 valence electrons. The number of aliphatic hydroxyl groups excluding tert-OH is 1. The van der Waals surface area contributed by atoms with Crippen LogP contribution in [-0.2, 0) is 19.2 Å². The molecule has 0 radical (unpaired) electrons. The Morgan fingerprint density at radius 3 is 1.19 bits per heavy atom. The van der Waals surface area contributed by atoms with E-state index in [4.69, 9.17) is 42.7 Å². The maximum absolute atomic E-state index is 10.2. The molecule has 0 aliphatic heterocycles. The van der Waals surface area contributed by atoms with Crippen LogP contribution in [0.4, 0.5) is 0 Å². The Hall–Kier alpha value is -2.32. The molecule has 13 N–H and O–H groups in total. The standard InChI is InChI=1S/2C6H13NO2.C4H9NO3.C2H5NO2/c1-4(2)3-5(7)6(8)9;1-3-4(2)5(7)6(8)9;1-2(6)3(5)4(7)8;3-1-2(4)5/h2*4-5H,3,7H2,1-2H3,(H,8,9);2-3,6H,5H2,1H3,(H,7,8);1,3H2,(H,4,5)/t5-;4-,5-;2-,3+;/m001./s1. The molecule has 0 aromatic carbocycles. The lowest BCUT2D eigenvalue weighted by molar-refractivity contribution is -0.141. The maximum Gasteiger partial charge on any atom is 0.323 e. The maximum atomic E-state index is 10.2. The van der Waals surface area contributed by atoms with Gasteiger partial charge < -0.3 is 48.5 Å². The van der Waals surface area contributed by atoms with E-state index in [1.807, 2.05) is 27.7 Å². The summed E-state index contributed by atoms with van der Waals surface area (Å²) in [5.74, 6) is -3.54. The smallest absolute Gasteiger partial charge is 0.323 e. The molecule has 0 unspecified atom stereocenters. The molecule has 31 heavy (non-hydrogen) atoms. The number of hydrogen-bond donors (Lipinski definition) is 9. The number of carboxylic acids is 4. The van der Waals surface area contributed by atoms with Crippen molar-refractivity contribution in [3.05, 3.63) is 0 Å². The summed E-state index contributed by atoms with van der Waals surface area (Å²) < 4.78 is 0. The molecular formula is C18H40N4O9. The van der Waals surface area contributed by atoms with Gasteiger partial charge in [-0.1, -0.05) is 34.1 Å². The third kappa shape index (κ3) is 27.7. The fourth-order valence-corrected chi connectivity index (χ4v) is 1.31. The molecule has 0 fully saturated rings. The van der Waals surface area contributed by atoms with Gasteiger partial charge in [-0.3, -0.25) is 19.2 Å². The largest absolute Gasteiger partial charge is 0.480 e. The number of carbonyl (C=O) groups is 4. The van der Waals surface area contributed by atoms with Gasteiger partial charge in [-0.2, -0.15) is 0 Å². The van der Waals surface area contributed by atoms with Crippen molar-refractivity contribution in [2.24, 2.45) is 34.8 Å². The molecule has 0 rings (SSSR count). The monoisotopic (exact) mass is 456 g/mol. The molecule has 0 bridgehead atoms. The minimum Gasteiger partial charge on any atom is -0.480 e. The molecule has 5 atom stereocenters. The van der Waals surface area contributed by atoms with Gasteiger partial charge in [0.05, 0.1) is 12.6 Å². The predicted molar refractivity (Wildman–Crippen MR) is 114 cm³/mol. The summed E-state index contributed by atoms with van der Waals surface area (Å²) >= 11 is 0. The number of rotatable bonds is 9. The van der Waals surface area contributed by atoms with Crippen LogP contribution >= 0.6 is 0 Å². The molecule has 13 heteroatoms. The summed E-state index contributed by atoms with van der Waals surface area (Å²) in [5, 5.41) is 40.8. The molecule has 0 aliphatic rings. The van der Waals surface area contributed by atoms with Gasteiger partial charge in [0.2, 0.25) is 0 Å². The Kier molecular flexibility index (Phi) is 24.4. The summed E-state index contributed by atoms with van der Waals surface area (Å²) in [5.41, 5.74) is 20.0. The Morgan fingerprint density at radius 1 is 0.774 bits per heavy atom. The summed E-state index contributed by atoms with van der Waals surface area (Å²) in [7, 11) is 0. The molecule has 0 aromatic rings. The quantitative estimate of drug-likeness (QED) is 0.195. The van der Waals surface area contributed by atoms with Gasteiger partial charge in [-0.05, 0) is 25.2 Å². The summed E-state index contributed by atoms with van der Waals surface area (Å²) in [6.07, 6.45) is 0.385. The van der Waals surface area contributed by atoms with E-state index in [1.165, 1.54) is 6.92 Å². The van der Waals surface area contributed by atoms with Crippen LogP contribution in [0.3, 0.4) is 0 Å². The van der Waals surface area contributed by atoms with Gasteiger partial charge in [0, 0.05) is 0 Å². The molecular weight excluding hydrogens is 416 g/mol. The summed E-state index contributed by atoms with van der Waals surface area (Å²) in [4.78, 5) is 39.4. The normalized spacial score (nSPS) is 14.5. The Bertz CT molecular complexity index is 516. The van der Waals surface area contributed by atoms with Crippen LogP contribution in [0.2, 0.25) is 0 Å². The van der Waals surface area contributed by atoms with Gasteiger partial charge >= 0.3 is 23.9 Å². The number of aliphatic carboxylic acids is 4. The van der Waals surface area contributed by atoms with Crippen molar-refractivity contribution >= 4 is 23.9 Å². The fourth-order valence-electron chi connectivity index (χ4n) is 1.31. The first kappa shape index (κ1) is 36.1. The van der Waals surface area contributed by atoms with Crippen molar-refractivity contribution in [1.29, 1.82) is 0 Å². The molecule has 13 nitrogen and oxygen atoms in total. The lowest BCUT2D eigenvalue weighted by Gasteiger charge is -2.11. The highest BCUT2D eigenvalue weighted by Gasteiger charge is 2.17. The first-order valence-electron chi connectivity index (χ1n) is 9.50. The third-order valence-electron chi connectivity index (χ3n) is 3.56. The van der Waals surface area contributed by atoms with Crippen molar-refractivity contribution < 1.29 is 44.7 Å². The van der Waals surface area contributed by atoms with Gasteiger partial charge in [-0.25, -0.2) is 0 Å². The average molecular weight is 457 g/mol.